The molecule has 1 aliphatic heterocycles. The van der Waals surface area contributed by atoms with Crippen molar-refractivity contribution in [3.05, 3.63) is 63.2 Å². The lowest BCUT2D eigenvalue weighted by molar-refractivity contribution is -0.125. The van der Waals surface area contributed by atoms with Gasteiger partial charge in [-0.25, -0.2) is 4.79 Å². The summed E-state index contributed by atoms with van der Waals surface area (Å²) < 4.78 is 6.25. The molecule has 0 saturated carbocycles. The van der Waals surface area contributed by atoms with Crippen molar-refractivity contribution in [2.24, 2.45) is 0 Å². The van der Waals surface area contributed by atoms with Crippen molar-refractivity contribution in [1.29, 1.82) is 0 Å². The molecule has 3 rings (SSSR count). The fourth-order valence-electron chi connectivity index (χ4n) is 2.27. The van der Waals surface area contributed by atoms with E-state index in [2.05, 4.69) is 27.9 Å². The number of halogens is 1. The van der Waals surface area contributed by atoms with Crippen molar-refractivity contribution in [1.82, 2.24) is 0 Å². The van der Waals surface area contributed by atoms with E-state index in [1.807, 2.05) is 30.3 Å². The average Bonchev–Trinajstić information content (AvgIpc) is 2.47. The maximum Gasteiger partial charge on any atom is 0.339 e. The summed E-state index contributed by atoms with van der Waals surface area (Å²) in [5.74, 6) is -0.750. The molecule has 4 nitrogen and oxygen atoms in total. The van der Waals surface area contributed by atoms with Crippen molar-refractivity contribution in [3.63, 3.8) is 0 Å². The molecule has 0 bridgehead atoms. The number of hydrogen-bond donors (Lipinski definition) is 1. The van der Waals surface area contributed by atoms with Gasteiger partial charge in [-0.15, -0.1) is 0 Å². The van der Waals surface area contributed by atoms with E-state index >= 15 is 0 Å². The summed E-state index contributed by atoms with van der Waals surface area (Å²) in [6, 6.07) is 14.7. The minimum absolute atomic E-state index is 0.306. The van der Waals surface area contributed by atoms with Gasteiger partial charge in [0, 0.05) is 15.7 Å². The standard InChI is InChI=1S/C16H12INO3/c17-11-5-3-6-12(9-11)18-15(19)14-8-10-4-1-2-7-13(10)16(20)21-14/h1-7,9,14H,8H2,(H,18,19)/t14-/m0/s1. The number of carbonyl (C=O) groups is 2. The molecule has 5 heteroatoms. The van der Waals surface area contributed by atoms with E-state index in [0.717, 1.165) is 9.13 Å². The molecule has 2 aromatic rings. The molecule has 0 radical (unpaired) electrons. The third kappa shape index (κ3) is 3.07. The van der Waals surface area contributed by atoms with Gasteiger partial charge in [-0.05, 0) is 52.4 Å². The summed E-state index contributed by atoms with van der Waals surface area (Å²) in [5, 5.41) is 2.78. The van der Waals surface area contributed by atoms with E-state index in [0.29, 0.717) is 17.7 Å². The van der Waals surface area contributed by atoms with E-state index in [-0.39, 0.29) is 5.91 Å². The predicted molar refractivity (Wildman–Crippen MR) is 87.1 cm³/mol. The fourth-order valence-corrected chi connectivity index (χ4v) is 2.81. The molecule has 0 aliphatic carbocycles. The van der Waals surface area contributed by atoms with E-state index in [9.17, 15) is 9.59 Å². The normalized spacial score (nSPS) is 16.8. The molecule has 1 N–H and O–H groups in total. The summed E-state index contributed by atoms with van der Waals surface area (Å²) in [5.41, 5.74) is 2.08. The van der Waals surface area contributed by atoms with Crippen LogP contribution in [0.15, 0.2) is 48.5 Å². The second-order valence-electron chi connectivity index (χ2n) is 4.75. The first kappa shape index (κ1) is 14.1. The largest absolute Gasteiger partial charge is 0.448 e. The van der Waals surface area contributed by atoms with E-state index in [4.69, 9.17) is 4.74 Å². The van der Waals surface area contributed by atoms with Crippen LogP contribution in [0.25, 0.3) is 0 Å². The van der Waals surface area contributed by atoms with Crippen molar-refractivity contribution < 1.29 is 14.3 Å². The molecule has 0 spiro atoms. The Morgan fingerprint density at radius 3 is 2.81 bits per heavy atom. The van der Waals surface area contributed by atoms with Gasteiger partial charge < -0.3 is 10.1 Å². The first-order valence-corrected chi connectivity index (χ1v) is 7.57. The molecule has 2 aromatic carbocycles. The Morgan fingerprint density at radius 1 is 1.19 bits per heavy atom. The quantitative estimate of drug-likeness (QED) is 0.631. The Balaban J connectivity index is 1.76. The molecular formula is C16H12INO3. The van der Waals surface area contributed by atoms with Gasteiger partial charge in [0.1, 0.15) is 0 Å². The fraction of sp³-hybridized carbons (Fsp3) is 0.125. The second kappa shape index (κ2) is 5.85. The first-order valence-electron chi connectivity index (χ1n) is 6.49. The number of hydrogen-bond acceptors (Lipinski definition) is 3. The van der Waals surface area contributed by atoms with Gasteiger partial charge in [-0.3, -0.25) is 4.79 Å². The molecular weight excluding hydrogens is 381 g/mol. The van der Waals surface area contributed by atoms with Crippen LogP contribution in [-0.2, 0) is 16.0 Å². The number of anilines is 1. The Bertz CT molecular complexity index is 714. The summed E-state index contributed by atoms with van der Waals surface area (Å²) in [6.07, 6.45) is -0.386. The molecule has 0 saturated heterocycles. The van der Waals surface area contributed by atoms with Crippen LogP contribution >= 0.6 is 22.6 Å². The third-order valence-electron chi connectivity index (χ3n) is 3.28. The van der Waals surface area contributed by atoms with Gasteiger partial charge >= 0.3 is 5.97 Å². The topological polar surface area (TPSA) is 55.4 Å². The maximum absolute atomic E-state index is 12.2. The van der Waals surface area contributed by atoms with Gasteiger partial charge in [-0.1, -0.05) is 24.3 Å². The molecule has 0 aromatic heterocycles. The highest BCUT2D eigenvalue weighted by atomic mass is 127. The number of carbonyl (C=O) groups excluding carboxylic acids is 2. The Labute approximate surface area is 135 Å². The number of ether oxygens (including phenoxy) is 1. The number of benzene rings is 2. The smallest absolute Gasteiger partial charge is 0.339 e. The van der Waals surface area contributed by atoms with Crippen molar-refractivity contribution in [2.75, 3.05) is 5.32 Å². The van der Waals surface area contributed by atoms with Crippen molar-refractivity contribution in [3.8, 4) is 0 Å². The van der Waals surface area contributed by atoms with Gasteiger partial charge in [0.05, 0.1) is 5.56 Å². The van der Waals surface area contributed by atoms with Crippen LogP contribution in [0.4, 0.5) is 5.69 Å². The van der Waals surface area contributed by atoms with Crippen LogP contribution in [0, 0.1) is 3.57 Å². The number of esters is 1. The van der Waals surface area contributed by atoms with Crippen LogP contribution in [0.5, 0.6) is 0 Å². The van der Waals surface area contributed by atoms with E-state index in [1.54, 1.807) is 18.2 Å². The predicted octanol–water partition coefficient (Wildman–Crippen LogP) is 3.01. The zero-order valence-corrected chi connectivity index (χ0v) is 13.2. The lowest BCUT2D eigenvalue weighted by atomic mass is 9.98. The monoisotopic (exact) mass is 393 g/mol. The van der Waals surface area contributed by atoms with Crippen LogP contribution in [-0.4, -0.2) is 18.0 Å². The summed E-state index contributed by atoms with van der Waals surface area (Å²) in [6.45, 7) is 0. The molecule has 21 heavy (non-hydrogen) atoms. The zero-order chi connectivity index (χ0) is 14.8. The number of cyclic esters (lactones) is 1. The van der Waals surface area contributed by atoms with Crippen LogP contribution < -0.4 is 5.32 Å². The Morgan fingerprint density at radius 2 is 2.00 bits per heavy atom. The maximum atomic E-state index is 12.2. The molecule has 1 heterocycles. The van der Waals surface area contributed by atoms with Crippen LogP contribution in [0.2, 0.25) is 0 Å². The highest BCUT2D eigenvalue weighted by Gasteiger charge is 2.30. The van der Waals surface area contributed by atoms with Crippen LogP contribution in [0.3, 0.4) is 0 Å². The van der Waals surface area contributed by atoms with Gasteiger partial charge in [0.2, 0.25) is 0 Å². The second-order valence-corrected chi connectivity index (χ2v) is 6.00. The van der Waals surface area contributed by atoms with E-state index < -0.39 is 12.1 Å². The van der Waals surface area contributed by atoms with Gasteiger partial charge in [0.15, 0.2) is 6.10 Å². The molecule has 106 valence electrons. The van der Waals surface area contributed by atoms with Gasteiger partial charge in [0.25, 0.3) is 5.91 Å². The minimum atomic E-state index is -0.787. The van der Waals surface area contributed by atoms with Gasteiger partial charge in [-0.2, -0.15) is 0 Å². The van der Waals surface area contributed by atoms with Crippen molar-refractivity contribution >= 4 is 40.2 Å². The Kier molecular flexibility index (Phi) is 3.92. The lowest BCUT2D eigenvalue weighted by Crippen LogP contribution is -2.37. The highest BCUT2D eigenvalue weighted by Crippen LogP contribution is 2.21. The summed E-state index contributed by atoms with van der Waals surface area (Å²) >= 11 is 2.17. The molecule has 1 atom stereocenters. The van der Waals surface area contributed by atoms with E-state index in [1.165, 1.54) is 0 Å². The minimum Gasteiger partial charge on any atom is -0.448 e. The summed E-state index contributed by atoms with van der Waals surface area (Å²) in [4.78, 5) is 24.1. The number of nitrogens with one attached hydrogen (secondary N) is 1. The number of fused-ring (bicyclic) bond motifs is 1. The molecule has 1 aliphatic rings. The average molecular weight is 393 g/mol. The number of amides is 1. The molecule has 0 unspecified atom stereocenters. The zero-order valence-electron chi connectivity index (χ0n) is 11.0. The third-order valence-corrected chi connectivity index (χ3v) is 3.95. The Hall–Kier alpha value is -1.89. The molecule has 1 amide bonds. The highest BCUT2D eigenvalue weighted by molar-refractivity contribution is 14.1. The summed E-state index contributed by atoms with van der Waals surface area (Å²) in [7, 11) is 0. The SMILES string of the molecule is O=C1O[C@H](C(=O)Nc2cccc(I)c2)Cc2ccccc21. The first-order chi connectivity index (χ1) is 10.1. The van der Waals surface area contributed by atoms with Crippen molar-refractivity contribution in [2.45, 2.75) is 12.5 Å². The lowest BCUT2D eigenvalue weighted by Gasteiger charge is -2.23. The molecule has 0 fully saturated rings. The number of rotatable bonds is 2. The van der Waals surface area contributed by atoms with Crippen LogP contribution in [0.1, 0.15) is 15.9 Å².